The molecule has 0 saturated carbocycles. The van der Waals surface area contributed by atoms with Crippen LogP contribution in [0.5, 0.6) is 17.2 Å². The van der Waals surface area contributed by atoms with Gasteiger partial charge in [0.15, 0.2) is 17.6 Å². The number of benzene rings is 2. The lowest BCUT2D eigenvalue weighted by Crippen LogP contribution is -2.46. The average molecular weight is 420 g/mol. The van der Waals surface area contributed by atoms with Crippen LogP contribution in [0, 0.1) is 6.92 Å². The Bertz CT molecular complexity index is 931. The summed E-state index contributed by atoms with van der Waals surface area (Å²) in [6, 6.07) is 10.3. The number of methoxy groups -OCH3 is 1. The van der Waals surface area contributed by atoms with E-state index in [0.29, 0.717) is 28.0 Å². The summed E-state index contributed by atoms with van der Waals surface area (Å²) in [7, 11) is 1.47. The molecule has 0 aromatic heterocycles. The second kappa shape index (κ2) is 8.61. The van der Waals surface area contributed by atoms with Crippen LogP contribution in [0.1, 0.15) is 19.4 Å². The van der Waals surface area contributed by atoms with Crippen LogP contribution in [0.3, 0.4) is 0 Å². The van der Waals surface area contributed by atoms with Gasteiger partial charge in [-0.05, 0) is 44.5 Å². The highest BCUT2D eigenvalue weighted by Gasteiger charge is 2.37. The lowest BCUT2D eigenvalue weighted by molar-refractivity contribution is -0.165. The number of nitrogens with one attached hydrogen (secondary N) is 1. The maximum absolute atomic E-state index is 12.6. The Balaban J connectivity index is 1.66. The van der Waals surface area contributed by atoms with E-state index in [2.05, 4.69) is 5.32 Å². The highest BCUT2D eigenvalue weighted by Crippen LogP contribution is 2.34. The number of carbonyl (C=O) groups is 2. The average Bonchev–Trinajstić information content (AvgIpc) is 2.69. The zero-order valence-electron chi connectivity index (χ0n) is 16.5. The Hall–Kier alpha value is -2.93. The number of amides is 1. The molecule has 0 bridgehead atoms. The predicted octanol–water partition coefficient (Wildman–Crippen LogP) is 3.76. The van der Waals surface area contributed by atoms with Crippen molar-refractivity contribution in [3.05, 3.63) is 47.0 Å². The molecule has 2 aromatic rings. The summed E-state index contributed by atoms with van der Waals surface area (Å²) in [6.45, 7) is 4.99. The van der Waals surface area contributed by atoms with Crippen LogP contribution in [-0.4, -0.2) is 37.3 Å². The van der Waals surface area contributed by atoms with E-state index in [0.717, 1.165) is 5.56 Å². The predicted molar refractivity (Wildman–Crippen MR) is 108 cm³/mol. The quantitative estimate of drug-likeness (QED) is 0.743. The second-order valence-corrected chi connectivity index (χ2v) is 7.09. The molecule has 154 valence electrons. The first-order chi connectivity index (χ1) is 13.8. The van der Waals surface area contributed by atoms with Gasteiger partial charge in [-0.15, -0.1) is 0 Å². The van der Waals surface area contributed by atoms with Gasteiger partial charge in [0.2, 0.25) is 6.10 Å². The van der Waals surface area contributed by atoms with Gasteiger partial charge in [0.05, 0.1) is 12.8 Å². The van der Waals surface area contributed by atoms with Gasteiger partial charge in [-0.1, -0.05) is 23.7 Å². The molecule has 8 heteroatoms. The van der Waals surface area contributed by atoms with E-state index < -0.39 is 30.2 Å². The van der Waals surface area contributed by atoms with Crippen molar-refractivity contribution in [1.29, 1.82) is 0 Å². The van der Waals surface area contributed by atoms with Crippen molar-refractivity contribution in [2.75, 3.05) is 12.4 Å². The molecule has 0 spiro atoms. The monoisotopic (exact) mass is 419 g/mol. The molecular formula is C21H22ClNO6. The number of fused-ring (bicyclic) bond motifs is 1. The Kier molecular flexibility index (Phi) is 6.17. The third-order valence-electron chi connectivity index (χ3n) is 4.48. The number of ether oxygens (including phenoxy) is 4. The summed E-state index contributed by atoms with van der Waals surface area (Å²) in [4.78, 5) is 25.1. The molecule has 0 saturated heterocycles. The maximum Gasteiger partial charge on any atom is 0.352 e. The number of rotatable bonds is 5. The minimum atomic E-state index is -1.06. The molecule has 0 fully saturated rings. The van der Waals surface area contributed by atoms with Gasteiger partial charge in [0.1, 0.15) is 11.9 Å². The lowest BCUT2D eigenvalue weighted by atomic mass is 10.2. The van der Waals surface area contributed by atoms with E-state index >= 15 is 0 Å². The highest BCUT2D eigenvalue weighted by molar-refractivity contribution is 6.31. The Morgan fingerprint density at radius 1 is 1.17 bits per heavy atom. The van der Waals surface area contributed by atoms with E-state index in [4.69, 9.17) is 30.5 Å². The molecule has 1 N–H and O–H groups in total. The molecule has 3 rings (SSSR count). The van der Waals surface area contributed by atoms with Gasteiger partial charge in [0, 0.05) is 11.1 Å². The largest absolute Gasteiger partial charge is 0.495 e. The molecule has 2 aromatic carbocycles. The molecule has 1 aliphatic heterocycles. The topological polar surface area (TPSA) is 83.1 Å². The van der Waals surface area contributed by atoms with Crippen molar-refractivity contribution in [2.45, 2.75) is 39.1 Å². The van der Waals surface area contributed by atoms with Gasteiger partial charge in [-0.25, -0.2) is 4.79 Å². The standard InChI is InChI=1S/C21H22ClNO6/c1-11-9-15(18(26-4)10-14(11)22)23-20(24)13(3)28-21(25)19-12(2)27-16-7-5-6-8-17(16)29-19/h5-10,12-13,19H,1-4H3,(H,23,24). The fourth-order valence-corrected chi connectivity index (χ4v) is 2.99. The molecule has 0 radical (unpaired) electrons. The minimum absolute atomic E-state index is 0.404. The van der Waals surface area contributed by atoms with Gasteiger partial charge >= 0.3 is 5.97 Å². The highest BCUT2D eigenvalue weighted by atomic mass is 35.5. The maximum atomic E-state index is 12.6. The van der Waals surface area contributed by atoms with Crippen molar-refractivity contribution in [3.8, 4) is 17.2 Å². The summed E-state index contributed by atoms with van der Waals surface area (Å²) in [5, 5.41) is 3.21. The van der Waals surface area contributed by atoms with Crippen LogP contribution in [0.4, 0.5) is 5.69 Å². The van der Waals surface area contributed by atoms with E-state index in [1.54, 1.807) is 44.2 Å². The number of anilines is 1. The van der Waals surface area contributed by atoms with E-state index in [1.165, 1.54) is 14.0 Å². The first kappa shape index (κ1) is 20.8. The van der Waals surface area contributed by atoms with Crippen LogP contribution in [0.2, 0.25) is 5.02 Å². The van der Waals surface area contributed by atoms with Crippen molar-refractivity contribution in [3.63, 3.8) is 0 Å². The number of para-hydroxylation sites is 2. The molecule has 3 atom stereocenters. The van der Waals surface area contributed by atoms with E-state index in [9.17, 15) is 9.59 Å². The Labute approximate surface area is 173 Å². The summed E-state index contributed by atoms with van der Waals surface area (Å²) < 4.78 is 22.0. The SMILES string of the molecule is COc1cc(Cl)c(C)cc1NC(=O)C(C)OC(=O)C1Oc2ccccc2OC1C. The third kappa shape index (κ3) is 4.56. The molecule has 3 unspecified atom stereocenters. The first-order valence-electron chi connectivity index (χ1n) is 9.08. The number of esters is 1. The van der Waals surface area contributed by atoms with Crippen molar-refractivity contribution < 1.29 is 28.5 Å². The molecule has 7 nitrogen and oxygen atoms in total. The summed E-state index contributed by atoms with van der Waals surface area (Å²) >= 11 is 6.08. The fourth-order valence-electron chi connectivity index (χ4n) is 2.84. The zero-order chi connectivity index (χ0) is 21.1. The van der Waals surface area contributed by atoms with Gasteiger partial charge in [-0.2, -0.15) is 0 Å². The molecular weight excluding hydrogens is 398 g/mol. The minimum Gasteiger partial charge on any atom is -0.495 e. The van der Waals surface area contributed by atoms with Crippen LogP contribution in [-0.2, 0) is 14.3 Å². The lowest BCUT2D eigenvalue weighted by Gasteiger charge is -2.31. The zero-order valence-corrected chi connectivity index (χ0v) is 17.3. The van der Waals surface area contributed by atoms with Crippen molar-refractivity contribution in [2.24, 2.45) is 0 Å². The summed E-state index contributed by atoms with van der Waals surface area (Å²) in [5.41, 5.74) is 1.20. The number of halogens is 1. The number of carbonyl (C=O) groups excluding carboxylic acids is 2. The van der Waals surface area contributed by atoms with Gasteiger partial charge in [0.25, 0.3) is 5.91 Å². The third-order valence-corrected chi connectivity index (χ3v) is 4.88. The number of hydrogen-bond acceptors (Lipinski definition) is 6. The van der Waals surface area contributed by atoms with Crippen molar-refractivity contribution >= 4 is 29.2 Å². The van der Waals surface area contributed by atoms with Crippen LogP contribution >= 0.6 is 11.6 Å². The van der Waals surface area contributed by atoms with Crippen molar-refractivity contribution in [1.82, 2.24) is 0 Å². The molecule has 1 amide bonds. The molecule has 1 heterocycles. The van der Waals surface area contributed by atoms with Crippen LogP contribution in [0.25, 0.3) is 0 Å². The van der Waals surface area contributed by atoms with E-state index in [1.807, 2.05) is 6.07 Å². The second-order valence-electron chi connectivity index (χ2n) is 6.68. The summed E-state index contributed by atoms with van der Waals surface area (Å²) in [5.74, 6) is 0.213. The molecule has 29 heavy (non-hydrogen) atoms. The smallest absolute Gasteiger partial charge is 0.352 e. The van der Waals surface area contributed by atoms with Gasteiger partial charge in [-0.3, -0.25) is 4.79 Å². The summed E-state index contributed by atoms with van der Waals surface area (Å²) in [6.07, 6.45) is -2.60. The van der Waals surface area contributed by atoms with E-state index in [-0.39, 0.29) is 0 Å². The Morgan fingerprint density at radius 2 is 1.83 bits per heavy atom. The number of hydrogen-bond donors (Lipinski definition) is 1. The molecule has 1 aliphatic rings. The normalized spacial score (nSPS) is 18.5. The molecule has 0 aliphatic carbocycles. The van der Waals surface area contributed by atoms with Crippen LogP contribution in [0.15, 0.2) is 36.4 Å². The van der Waals surface area contributed by atoms with Gasteiger partial charge < -0.3 is 24.3 Å². The Morgan fingerprint density at radius 3 is 2.48 bits per heavy atom. The fraction of sp³-hybridized carbons (Fsp3) is 0.333. The first-order valence-corrected chi connectivity index (χ1v) is 9.45. The van der Waals surface area contributed by atoms with Crippen LogP contribution < -0.4 is 19.5 Å². The number of aryl methyl sites for hydroxylation is 1.